The number of nitrogens with one attached hydrogen (secondary N) is 2. The van der Waals surface area contributed by atoms with Crippen molar-refractivity contribution in [2.45, 2.75) is 39.0 Å². The molecule has 3 aromatic rings. The van der Waals surface area contributed by atoms with E-state index in [4.69, 9.17) is 31.2 Å². The molecule has 200 valence electrons. The molecule has 5 N–H and O–H groups in total. The van der Waals surface area contributed by atoms with Crippen LogP contribution < -0.4 is 15.4 Å². The van der Waals surface area contributed by atoms with Gasteiger partial charge in [-0.15, -0.1) is 10.2 Å². The summed E-state index contributed by atoms with van der Waals surface area (Å²) >= 11 is 7.53. The molecule has 0 aliphatic rings. The van der Waals surface area contributed by atoms with E-state index in [1.54, 1.807) is 6.20 Å². The molecule has 16 heteroatoms. The molecule has 0 spiro atoms. The molecule has 1 aromatic carbocycles. The van der Waals surface area contributed by atoms with Gasteiger partial charge < -0.3 is 30.3 Å². The van der Waals surface area contributed by atoms with E-state index in [-0.39, 0.29) is 22.4 Å². The second-order valence-corrected chi connectivity index (χ2v) is 10.7. The van der Waals surface area contributed by atoms with E-state index in [1.807, 2.05) is 31.3 Å². The first-order valence-electron chi connectivity index (χ1n) is 10.7. The number of phosphoric acid groups is 1. The van der Waals surface area contributed by atoms with Crippen LogP contribution in [0.2, 0.25) is 5.02 Å². The zero-order valence-electron chi connectivity index (χ0n) is 19.8. The van der Waals surface area contributed by atoms with Crippen molar-refractivity contribution < 1.29 is 37.9 Å². The fourth-order valence-electron chi connectivity index (χ4n) is 3.08. The highest BCUT2D eigenvalue weighted by molar-refractivity contribution is 7.46. The average molecular weight is 576 g/mol. The maximum absolute atomic E-state index is 14.8. The van der Waals surface area contributed by atoms with Crippen LogP contribution in [0.4, 0.5) is 15.0 Å². The molecule has 0 saturated heterocycles. The summed E-state index contributed by atoms with van der Waals surface area (Å²) in [6, 6.07) is 4.93. The molecule has 2 heterocycles. The molecular formula is C21H24ClFN5O7PS. The van der Waals surface area contributed by atoms with E-state index in [9.17, 15) is 13.8 Å². The summed E-state index contributed by atoms with van der Waals surface area (Å²) in [7, 11) is -4.90. The number of pyridine rings is 1. The Morgan fingerprint density at radius 1 is 1.22 bits per heavy atom. The topological polar surface area (TPSA) is 176 Å². The molecule has 0 unspecified atom stereocenters. The van der Waals surface area contributed by atoms with Crippen LogP contribution in [0.3, 0.4) is 0 Å². The molecule has 12 nitrogen and oxygen atoms in total. The molecule has 3 rings (SSSR count). The first-order valence-corrected chi connectivity index (χ1v) is 13.5. The number of hydrogen-bond donors (Lipinski definition) is 5. The summed E-state index contributed by atoms with van der Waals surface area (Å²) in [6.07, 6.45) is -1.14. The minimum atomic E-state index is -4.90. The number of rotatable bonds is 11. The Hall–Kier alpha value is -2.87. The molecule has 2 atom stereocenters. The van der Waals surface area contributed by atoms with E-state index in [2.05, 4.69) is 25.0 Å². The van der Waals surface area contributed by atoms with Gasteiger partial charge in [-0.25, -0.2) is 18.7 Å². The largest absolute Gasteiger partial charge is 0.488 e. The number of phosphoric ester groups is 1. The Labute approximate surface area is 220 Å². The first kappa shape index (κ1) is 28.7. The van der Waals surface area contributed by atoms with Crippen LogP contribution in [0, 0.1) is 5.82 Å². The van der Waals surface area contributed by atoms with E-state index in [1.165, 1.54) is 24.3 Å². The third kappa shape index (κ3) is 8.32. The van der Waals surface area contributed by atoms with E-state index < -0.39 is 38.5 Å². The van der Waals surface area contributed by atoms with Crippen LogP contribution in [0.1, 0.15) is 20.8 Å². The number of hydrogen-bond acceptors (Lipinski definition) is 9. The van der Waals surface area contributed by atoms with Gasteiger partial charge in [0.05, 0.1) is 17.2 Å². The normalized spacial score (nSPS) is 13.3. The quantitative estimate of drug-likeness (QED) is 0.205. The zero-order valence-corrected chi connectivity index (χ0v) is 22.2. The van der Waals surface area contributed by atoms with Crippen molar-refractivity contribution in [1.29, 1.82) is 0 Å². The van der Waals surface area contributed by atoms with Crippen LogP contribution in [-0.4, -0.2) is 61.0 Å². The lowest BCUT2D eigenvalue weighted by Crippen LogP contribution is -2.46. The van der Waals surface area contributed by atoms with Gasteiger partial charge in [-0.05, 0) is 39.0 Å². The number of carbonyl (C=O) groups is 1. The predicted molar refractivity (Wildman–Crippen MR) is 135 cm³/mol. The Kier molecular flexibility index (Phi) is 9.40. The van der Waals surface area contributed by atoms with Crippen molar-refractivity contribution in [2.75, 3.05) is 11.9 Å². The number of halogens is 2. The minimum absolute atomic E-state index is 0.0935. The van der Waals surface area contributed by atoms with Crippen molar-refractivity contribution in [2.24, 2.45) is 0 Å². The van der Waals surface area contributed by atoms with Gasteiger partial charge in [0.25, 0.3) is 0 Å². The lowest BCUT2D eigenvalue weighted by Gasteiger charge is -2.24. The number of carboxylic acid groups (broad SMARTS) is 1. The first-order chi connectivity index (χ1) is 17.3. The van der Waals surface area contributed by atoms with E-state index in [0.717, 1.165) is 11.6 Å². The molecule has 0 aliphatic heterocycles. The molecule has 37 heavy (non-hydrogen) atoms. The van der Waals surface area contributed by atoms with Crippen LogP contribution in [0.25, 0.3) is 21.1 Å². The third-order valence-corrected chi connectivity index (χ3v) is 6.65. The Morgan fingerprint density at radius 2 is 1.92 bits per heavy atom. The fraction of sp³-hybridized carbons (Fsp3) is 0.333. The Morgan fingerprint density at radius 3 is 2.51 bits per heavy atom. The highest BCUT2D eigenvalue weighted by atomic mass is 35.5. The molecular weight excluding hydrogens is 552 g/mol. The summed E-state index contributed by atoms with van der Waals surface area (Å²) in [5.74, 6) is -0.413. The van der Waals surface area contributed by atoms with Gasteiger partial charge in [-0.1, -0.05) is 22.9 Å². The number of amides is 1. The molecule has 1 amide bonds. The highest BCUT2D eigenvalue weighted by Crippen LogP contribution is 2.39. The van der Waals surface area contributed by atoms with Crippen molar-refractivity contribution in [3.05, 3.63) is 41.3 Å². The van der Waals surface area contributed by atoms with E-state index in [0.29, 0.717) is 15.8 Å². The number of aromatic nitrogens is 3. The summed E-state index contributed by atoms with van der Waals surface area (Å²) in [5, 5.41) is 23.4. The zero-order chi connectivity index (χ0) is 27.3. The van der Waals surface area contributed by atoms with Gasteiger partial charge in [0, 0.05) is 29.4 Å². The highest BCUT2D eigenvalue weighted by Gasteiger charge is 2.28. The van der Waals surface area contributed by atoms with Gasteiger partial charge in [0.2, 0.25) is 0 Å². The monoisotopic (exact) mass is 575 g/mol. The lowest BCUT2D eigenvalue weighted by atomic mass is 10.2. The summed E-state index contributed by atoms with van der Waals surface area (Å²) < 4.78 is 35.8. The lowest BCUT2D eigenvalue weighted by molar-refractivity contribution is 0.0895. The van der Waals surface area contributed by atoms with Gasteiger partial charge in [-0.3, -0.25) is 4.52 Å². The van der Waals surface area contributed by atoms with Gasteiger partial charge in [-0.2, -0.15) is 0 Å². The summed E-state index contributed by atoms with van der Waals surface area (Å²) in [4.78, 5) is 33.3. The molecule has 0 fully saturated rings. The van der Waals surface area contributed by atoms with Crippen LogP contribution in [0.15, 0.2) is 30.5 Å². The maximum atomic E-state index is 14.8. The van der Waals surface area contributed by atoms with Crippen molar-refractivity contribution in [3.63, 3.8) is 0 Å². The molecule has 0 bridgehead atoms. The minimum Gasteiger partial charge on any atom is -0.488 e. The van der Waals surface area contributed by atoms with E-state index >= 15 is 0 Å². The predicted octanol–water partition coefficient (Wildman–Crippen LogP) is 4.39. The number of ether oxygens (including phenoxy) is 1. The molecule has 0 radical (unpaired) electrons. The number of nitrogens with zero attached hydrogens (tertiary/aromatic N) is 3. The molecule has 0 saturated carbocycles. The second-order valence-electron chi connectivity index (χ2n) is 8.07. The Bertz CT molecular complexity index is 1290. The average Bonchev–Trinajstić information content (AvgIpc) is 3.27. The van der Waals surface area contributed by atoms with Gasteiger partial charge in [0.1, 0.15) is 22.4 Å². The number of benzene rings is 1. The van der Waals surface area contributed by atoms with Crippen LogP contribution in [-0.2, 0) is 9.09 Å². The van der Waals surface area contributed by atoms with Gasteiger partial charge >= 0.3 is 13.9 Å². The van der Waals surface area contributed by atoms with Crippen molar-refractivity contribution in [3.8, 4) is 26.9 Å². The smallest absolute Gasteiger partial charge is 0.469 e. The van der Waals surface area contributed by atoms with Crippen LogP contribution in [0.5, 0.6) is 5.75 Å². The third-order valence-electron chi connectivity index (χ3n) is 4.72. The van der Waals surface area contributed by atoms with Crippen molar-refractivity contribution in [1.82, 2.24) is 20.5 Å². The Balaban J connectivity index is 1.76. The molecule has 0 aliphatic carbocycles. The SMILES string of the molecule is CC(C)Nc1ccc(-c2nnc(-c3cc(F)c(OC[C@H](NC(=O)O)[C@H](C)OP(=O)(O)O)cc3Cl)s2)cn1. The molecule has 2 aromatic heterocycles. The van der Waals surface area contributed by atoms with Crippen molar-refractivity contribution >= 4 is 42.7 Å². The number of anilines is 1. The van der Waals surface area contributed by atoms with Crippen LogP contribution >= 0.6 is 30.8 Å². The summed E-state index contributed by atoms with van der Waals surface area (Å²) in [5.41, 5.74) is 0.984. The summed E-state index contributed by atoms with van der Waals surface area (Å²) in [6.45, 7) is 4.72. The fourth-order valence-corrected chi connectivity index (χ4v) is 4.82. The standard InChI is InChI=1S/C21H24ClFN5O7PS/c1-10(2)25-18-5-4-12(8-24-18)19-27-28-20(37-19)13-6-15(23)17(7-14(13)22)34-9-16(26-21(29)30)11(3)35-36(31,32)33/h4-8,10-11,16,26H,9H2,1-3H3,(H,24,25)(H,29,30)(H2,31,32,33)/t11-,16-/m0/s1. The van der Waals surface area contributed by atoms with Gasteiger partial charge in [0.15, 0.2) is 11.6 Å². The second kappa shape index (κ2) is 12.1. The maximum Gasteiger partial charge on any atom is 0.469 e.